The minimum Gasteiger partial charge on any atom is -0.286 e. The summed E-state index contributed by atoms with van der Waals surface area (Å²) < 4.78 is 16.1. The van der Waals surface area contributed by atoms with Crippen LogP contribution in [-0.4, -0.2) is 20.9 Å². The van der Waals surface area contributed by atoms with E-state index in [0.29, 0.717) is 11.4 Å². The summed E-state index contributed by atoms with van der Waals surface area (Å²) in [6.45, 7) is 1.71. The minimum absolute atomic E-state index is 0.120. The maximum absolute atomic E-state index is 13.0. The fourth-order valence-electron chi connectivity index (χ4n) is 2.67. The molecule has 8 heteroatoms. The van der Waals surface area contributed by atoms with Crippen LogP contribution in [-0.2, 0) is 7.05 Å². The molecule has 1 heterocycles. The number of nitrogens with one attached hydrogen (secondary N) is 1. The number of rotatable bonds is 5. The van der Waals surface area contributed by atoms with Gasteiger partial charge in [-0.05, 0) is 43.3 Å². The van der Waals surface area contributed by atoms with Crippen LogP contribution in [0.25, 0.3) is 5.69 Å². The zero-order chi connectivity index (χ0) is 20.3. The van der Waals surface area contributed by atoms with E-state index in [2.05, 4.69) is 10.5 Å². The van der Waals surface area contributed by atoms with Crippen molar-refractivity contribution in [1.82, 2.24) is 9.36 Å². The molecule has 140 valence electrons. The van der Waals surface area contributed by atoms with Crippen LogP contribution in [0.3, 0.4) is 0 Å². The third-order valence-corrected chi connectivity index (χ3v) is 4.26. The monoisotopic (exact) mass is 377 g/mol. The van der Waals surface area contributed by atoms with E-state index in [4.69, 9.17) is 0 Å². The first-order chi connectivity index (χ1) is 13.4. The van der Waals surface area contributed by atoms with Crippen molar-refractivity contribution in [3.63, 3.8) is 0 Å². The molecule has 2 aromatic carbocycles. The molecule has 0 aliphatic carbocycles. The second kappa shape index (κ2) is 7.72. The number of carbonyl (C=O) groups excluding carboxylic acids is 1. The van der Waals surface area contributed by atoms with Crippen LogP contribution >= 0.6 is 0 Å². The molecule has 0 saturated carbocycles. The Hall–Kier alpha value is -3.99. The summed E-state index contributed by atoms with van der Waals surface area (Å²) in [5.74, 6) is -1.17. The molecule has 0 atom stereocenters. The zero-order valence-electron chi connectivity index (χ0n) is 15.2. The Morgan fingerprint density at radius 2 is 1.79 bits per heavy atom. The normalized spacial score (nSPS) is 11.1. The maximum atomic E-state index is 13.0. The number of hydrazone groups is 1. The Morgan fingerprint density at radius 1 is 1.14 bits per heavy atom. The van der Waals surface area contributed by atoms with E-state index in [1.807, 2.05) is 18.2 Å². The summed E-state index contributed by atoms with van der Waals surface area (Å²) >= 11 is 0. The Balaban J connectivity index is 1.95. The fraction of sp³-hybridized carbons (Fsp3) is 0.100. The Labute approximate surface area is 159 Å². The van der Waals surface area contributed by atoms with Gasteiger partial charge in [0.1, 0.15) is 17.6 Å². The van der Waals surface area contributed by atoms with Crippen molar-refractivity contribution in [2.24, 2.45) is 12.1 Å². The Bertz CT molecular complexity index is 1150. The molecule has 0 aliphatic heterocycles. The van der Waals surface area contributed by atoms with Crippen LogP contribution in [0.5, 0.6) is 0 Å². The van der Waals surface area contributed by atoms with E-state index in [1.165, 1.54) is 16.8 Å². The quantitative estimate of drug-likeness (QED) is 0.420. The lowest BCUT2D eigenvalue weighted by atomic mass is 10.1. The Kier molecular flexibility index (Phi) is 5.18. The molecule has 0 fully saturated rings. The minimum atomic E-state index is -0.674. The highest BCUT2D eigenvalue weighted by Gasteiger charge is 2.18. The van der Waals surface area contributed by atoms with Crippen LogP contribution < -0.4 is 11.0 Å². The van der Waals surface area contributed by atoms with Gasteiger partial charge in [-0.1, -0.05) is 18.2 Å². The van der Waals surface area contributed by atoms with Crippen LogP contribution in [0.15, 0.2) is 64.5 Å². The fourth-order valence-corrected chi connectivity index (χ4v) is 2.67. The highest BCUT2D eigenvalue weighted by molar-refractivity contribution is 6.51. The van der Waals surface area contributed by atoms with E-state index in [1.54, 1.807) is 36.9 Å². The van der Waals surface area contributed by atoms with Crippen molar-refractivity contribution < 1.29 is 9.18 Å². The number of ketones is 1. The summed E-state index contributed by atoms with van der Waals surface area (Å²) in [7, 11) is 1.72. The molecule has 3 aromatic rings. The smallest absolute Gasteiger partial charge is 0.286 e. The van der Waals surface area contributed by atoms with Gasteiger partial charge >= 0.3 is 0 Å². The number of halogens is 1. The summed E-state index contributed by atoms with van der Waals surface area (Å²) in [6.07, 6.45) is 0. The molecule has 7 nitrogen and oxygen atoms in total. The molecule has 3 rings (SSSR count). The predicted octanol–water partition coefficient (Wildman–Crippen LogP) is 2.80. The molecular formula is C20H16FN5O2. The summed E-state index contributed by atoms with van der Waals surface area (Å²) in [5.41, 5.74) is 3.23. The zero-order valence-corrected chi connectivity index (χ0v) is 15.2. The lowest BCUT2D eigenvalue weighted by Gasteiger charge is -2.07. The number of nitriles is 1. The average Bonchev–Trinajstić information content (AvgIpc) is 2.92. The molecule has 0 spiro atoms. The summed E-state index contributed by atoms with van der Waals surface area (Å²) in [5, 5.41) is 13.1. The first-order valence-corrected chi connectivity index (χ1v) is 8.32. The highest BCUT2D eigenvalue weighted by Crippen LogP contribution is 2.14. The molecule has 0 saturated heterocycles. The van der Waals surface area contributed by atoms with Gasteiger partial charge in [0.05, 0.1) is 11.4 Å². The molecular weight excluding hydrogens is 361 g/mol. The number of hydrogen-bond acceptors (Lipinski definition) is 5. The maximum Gasteiger partial charge on any atom is 0.296 e. The van der Waals surface area contributed by atoms with Gasteiger partial charge in [-0.2, -0.15) is 10.4 Å². The number of benzene rings is 2. The molecule has 0 amide bonds. The number of Topliss-reactive ketones (excluding diaryl/α,β-unsaturated/α-hetero) is 1. The van der Waals surface area contributed by atoms with Crippen LogP contribution in [0.1, 0.15) is 16.1 Å². The number of para-hydroxylation sites is 1. The lowest BCUT2D eigenvalue weighted by molar-refractivity contribution is 0.106. The Morgan fingerprint density at radius 3 is 2.39 bits per heavy atom. The van der Waals surface area contributed by atoms with E-state index >= 15 is 0 Å². The number of anilines is 1. The second-order valence-corrected chi connectivity index (χ2v) is 5.96. The first kappa shape index (κ1) is 18.8. The third-order valence-electron chi connectivity index (χ3n) is 4.26. The lowest BCUT2D eigenvalue weighted by Crippen LogP contribution is -2.21. The van der Waals surface area contributed by atoms with Crippen molar-refractivity contribution >= 4 is 17.2 Å². The van der Waals surface area contributed by atoms with Crippen LogP contribution in [0.4, 0.5) is 10.1 Å². The van der Waals surface area contributed by atoms with Gasteiger partial charge in [-0.15, -0.1) is 0 Å². The second-order valence-electron chi connectivity index (χ2n) is 5.96. The van der Waals surface area contributed by atoms with E-state index in [0.717, 1.165) is 12.1 Å². The van der Waals surface area contributed by atoms with Gasteiger partial charge in [0.15, 0.2) is 0 Å². The van der Waals surface area contributed by atoms with E-state index in [-0.39, 0.29) is 16.8 Å². The van der Waals surface area contributed by atoms with E-state index < -0.39 is 17.3 Å². The topological polar surface area (TPSA) is 92.2 Å². The number of carbonyl (C=O) groups is 1. The van der Waals surface area contributed by atoms with Crippen molar-refractivity contribution in [3.8, 4) is 11.8 Å². The van der Waals surface area contributed by atoms with Gasteiger partial charge < -0.3 is 0 Å². The van der Waals surface area contributed by atoms with Gasteiger partial charge in [-0.3, -0.25) is 19.7 Å². The van der Waals surface area contributed by atoms with Crippen molar-refractivity contribution in [2.75, 3.05) is 5.43 Å². The molecule has 1 N–H and O–H groups in total. The molecule has 0 aliphatic rings. The van der Waals surface area contributed by atoms with Gasteiger partial charge in [0.2, 0.25) is 11.5 Å². The number of aromatic nitrogens is 2. The van der Waals surface area contributed by atoms with Crippen molar-refractivity contribution in [2.45, 2.75) is 6.92 Å². The largest absolute Gasteiger partial charge is 0.296 e. The van der Waals surface area contributed by atoms with Crippen molar-refractivity contribution in [3.05, 3.63) is 82.0 Å². The number of hydrogen-bond donors (Lipinski definition) is 1. The predicted molar refractivity (Wildman–Crippen MR) is 103 cm³/mol. The van der Waals surface area contributed by atoms with Gasteiger partial charge in [0.25, 0.3) is 5.56 Å². The SMILES string of the molecule is Cc1c(N/N=C(\C#N)C(=O)c2ccc(F)cc2)c(=O)n(-c2ccccc2)n1C. The van der Waals surface area contributed by atoms with E-state index in [9.17, 15) is 19.2 Å². The van der Waals surface area contributed by atoms with Crippen LogP contribution in [0, 0.1) is 24.1 Å². The molecule has 0 unspecified atom stereocenters. The summed E-state index contributed by atoms with van der Waals surface area (Å²) in [4.78, 5) is 25.2. The number of nitrogens with zero attached hydrogens (tertiary/aromatic N) is 4. The van der Waals surface area contributed by atoms with Crippen LogP contribution in [0.2, 0.25) is 0 Å². The van der Waals surface area contributed by atoms with Crippen molar-refractivity contribution in [1.29, 1.82) is 5.26 Å². The first-order valence-electron chi connectivity index (χ1n) is 8.32. The molecule has 28 heavy (non-hydrogen) atoms. The molecule has 1 aromatic heterocycles. The summed E-state index contributed by atoms with van der Waals surface area (Å²) in [6, 6.07) is 15.5. The third kappa shape index (κ3) is 3.46. The van der Waals surface area contributed by atoms with Gasteiger partial charge in [-0.25, -0.2) is 9.07 Å². The van der Waals surface area contributed by atoms with Gasteiger partial charge in [0, 0.05) is 12.6 Å². The molecule has 0 bridgehead atoms. The standard InChI is InChI=1S/C20H16FN5O2/c1-13-18(20(28)26(25(13)2)16-6-4-3-5-7-16)24-23-17(12-22)19(27)14-8-10-15(21)11-9-14/h3-11,24H,1-2H3/b23-17+. The highest BCUT2D eigenvalue weighted by atomic mass is 19.1. The average molecular weight is 377 g/mol. The molecule has 0 radical (unpaired) electrons.